The number of nitrogens with zero attached hydrogens (tertiary/aromatic N) is 1. The number of piperidine rings is 1. The van der Waals surface area contributed by atoms with E-state index in [1.54, 1.807) is 18.2 Å². The largest absolute Gasteiger partial charge is 0.330 e. The van der Waals surface area contributed by atoms with Crippen LogP contribution in [0.25, 0.3) is 0 Å². The number of nitrogens with two attached hydrogens (primary N) is 1. The van der Waals surface area contributed by atoms with Crippen LogP contribution in [0.2, 0.25) is 10.0 Å². The monoisotopic (exact) mass is 329 g/mol. The molecule has 1 heterocycles. The van der Waals surface area contributed by atoms with Gasteiger partial charge in [-0.2, -0.15) is 0 Å². The first-order valence-corrected chi connectivity index (χ1v) is 8.02. The molecule has 1 aliphatic heterocycles. The second-order valence-corrected chi connectivity index (χ2v) is 6.28. The van der Waals surface area contributed by atoms with Crippen molar-refractivity contribution in [1.29, 1.82) is 0 Å². The summed E-state index contributed by atoms with van der Waals surface area (Å²) in [5.74, 6) is 0.513. The molecular formula is C15H21Cl2N3O. The van der Waals surface area contributed by atoms with E-state index in [1.165, 1.54) is 6.42 Å². The second-order valence-electron chi connectivity index (χ2n) is 5.47. The standard InChI is InChI=1S/C15H21Cl2N3O/c16-12-4-1-5-13(17)15(12)19-14(21)10-20-8-2-3-11(9-20)6-7-18/h1,4-5,11H,2-3,6-10,18H2,(H,19,21). The number of carbonyl (C=O) groups is 1. The predicted octanol–water partition coefficient (Wildman–Crippen LogP) is 2.99. The summed E-state index contributed by atoms with van der Waals surface area (Å²) in [5, 5.41) is 3.71. The molecule has 0 saturated carbocycles. The van der Waals surface area contributed by atoms with Gasteiger partial charge in [-0.25, -0.2) is 0 Å². The lowest BCUT2D eigenvalue weighted by molar-refractivity contribution is -0.117. The van der Waals surface area contributed by atoms with Gasteiger partial charge in [-0.05, 0) is 50.4 Å². The molecule has 1 amide bonds. The third-order valence-electron chi connectivity index (χ3n) is 3.77. The number of hydrogen-bond acceptors (Lipinski definition) is 3. The Kier molecular flexibility index (Phi) is 6.30. The van der Waals surface area contributed by atoms with Crippen molar-refractivity contribution in [3.63, 3.8) is 0 Å². The fraction of sp³-hybridized carbons (Fsp3) is 0.533. The van der Waals surface area contributed by atoms with Crippen molar-refractivity contribution < 1.29 is 4.79 Å². The molecule has 2 rings (SSSR count). The number of amides is 1. The highest BCUT2D eigenvalue weighted by Crippen LogP contribution is 2.29. The van der Waals surface area contributed by atoms with Crippen LogP contribution in [0.4, 0.5) is 5.69 Å². The van der Waals surface area contributed by atoms with Gasteiger partial charge in [0.05, 0.1) is 22.3 Å². The molecule has 6 heteroatoms. The average Bonchev–Trinajstić information content (AvgIpc) is 2.44. The maximum Gasteiger partial charge on any atom is 0.238 e. The highest BCUT2D eigenvalue weighted by Gasteiger charge is 2.21. The highest BCUT2D eigenvalue weighted by atomic mass is 35.5. The minimum absolute atomic E-state index is 0.0848. The number of benzene rings is 1. The molecule has 0 spiro atoms. The number of para-hydroxylation sites is 1. The minimum Gasteiger partial charge on any atom is -0.330 e. The molecule has 0 bridgehead atoms. The summed E-state index contributed by atoms with van der Waals surface area (Å²) in [6.07, 6.45) is 3.34. The quantitative estimate of drug-likeness (QED) is 0.873. The Labute approximate surface area is 135 Å². The van der Waals surface area contributed by atoms with E-state index in [-0.39, 0.29) is 5.91 Å². The summed E-state index contributed by atoms with van der Waals surface area (Å²) in [4.78, 5) is 14.3. The van der Waals surface area contributed by atoms with Gasteiger partial charge < -0.3 is 11.1 Å². The summed E-state index contributed by atoms with van der Waals surface area (Å²) in [5.41, 5.74) is 6.10. The van der Waals surface area contributed by atoms with E-state index in [0.717, 1.165) is 25.9 Å². The Morgan fingerprint density at radius 1 is 1.38 bits per heavy atom. The van der Waals surface area contributed by atoms with E-state index in [9.17, 15) is 4.79 Å². The summed E-state index contributed by atoms with van der Waals surface area (Å²) >= 11 is 12.1. The van der Waals surface area contributed by atoms with Crippen molar-refractivity contribution >= 4 is 34.8 Å². The van der Waals surface area contributed by atoms with E-state index in [0.29, 0.717) is 34.7 Å². The molecule has 0 aromatic heterocycles. The van der Waals surface area contributed by atoms with Crippen LogP contribution in [0.15, 0.2) is 18.2 Å². The van der Waals surface area contributed by atoms with E-state index in [4.69, 9.17) is 28.9 Å². The summed E-state index contributed by atoms with van der Waals surface area (Å²) in [6, 6.07) is 5.17. The van der Waals surface area contributed by atoms with Crippen LogP contribution >= 0.6 is 23.2 Å². The number of halogens is 2. The third kappa shape index (κ3) is 4.85. The summed E-state index contributed by atoms with van der Waals surface area (Å²) in [7, 11) is 0. The van der Waals surface area contributed by atoms with E-state index >= 15 is 0 Å². The molecular weight excluding hydrogens is 309 g/mol. The number of likely N-dealkylation sites (tertiary alicyclic amines) is 1. The van der Waals surface area contributed by atoms with Crippen molar-refractivity contribution in [1.82, 2.24) is 4.90 Å². The van der Waals surface area contributed by atoms with E-state index in [2.05, 4.69) is 10.2 Å². The van der Waals surface area contributed by atoms with Gasteiger partial charge >= 0.3 is 0 Å². The Morgan fingerprint density at radius 2 is 2.10 bits per heavy atom. The van der Waals surface area contributed by atoms with Crippen molar-refractivity contribution in [2.24, 2.45) is 11.7 Å². The topological polar surface area (TPSA) is 58.4 Å². The van der Waals surface area contributed by atoms with Gasteiger partial charge in [0.2, 0.25) is 5.91 Å². The predicted molar refractivity (Wildman–Crippen MR) is 87.9 cm³/mol. The van der Waals surface area contributed by atoms with Crippen LogP contribution in [-0.4, -0.2) is 37.0 Å². The van der Waals surface area contributed by atoms with E-state index < -0.39 is 0 Å². The third-order valence-corrected chi connectivity index (χ3v) is 4.40. The number of carbonyl (C=O) groups excluding carboxylic acids is 1. The van der Waals surface area contributed by atoms with Gasteiger partial charge in [0, 0.05) is 6.54 Å². The molecule has 1 atom stereocenters. The molecule has 0 radical (unpaired) electrons. The van der Waals surface area contributed by atoms with Crippen LogP contribution in [0.3, 0.4) is 0 Å². The molecule has 4 nitrogen and oxygen atoms in total. The Balaban J connectivity index is 1.89. The fourth-order valence-electron chi connectivity index (χ4n) is 2.77. The smallest absolute Gasteiger partial charge is 0.238 e. The molecule has 0 aliphatic carbocycles. The van der Waals surface area contributed by atoms with Crippen LogP contribution in [0, 0.1) is 5.92 Å². The van der Waals surface area contributed by atoms with Gasteiger partial charge in [0.25, 0.3) is 0 Å². The van der Waals surface area contributed by atoms with Gasteiger partial charge in [0.1, 0.15) is 0 Å². The minimum atomic E-state index is -0.0848. The lowest BCUT2D eigenvalue weighted by Gasteiger charge is -2.32. The van der Waals surface area contributed by atoms with Crippen LogP contribution in [0.5, 0.6) is 0 Å². The fourth-order valence-corrected chi connectivity index (χ4v) is 3.26. The zero-order chi connectivity index (χ0) is 15.2. The van der Waals surface area contributed by atoms with Crippen molar-refractivity contribution in [3.8, 4) is 0 Å². The molecule has 1 aliphatic rings. The Morgan fingerprint density at radius 3 is 2.76 bits per heavy atom. The maximum absolute atomic E-state index is 12.2. The molecule has 3 N–H and O–H groups in total. The molecule has 1 unspecified atom stereocenters. The summed E-state index contributed by atoms with van der Waals surface area (Å²) in [6.45, 7) is 2.95. The van der Waals surface area contributed by atoms with Gasteiger partial charge in [-0.3, -0.25) is 9.69 Å². The highest BCUT2D eigenvalue weighted by molar-refractivity contribution is 6.39. The number of nitrogens with one attached hydrogen (secondary N) is 1. The summed E-state index contributed by atoms with van der Waals surface area (Å²) < 4.78 is 0. The van der Waals surface area contributed by atoms with Gasteiger partial charge in [-0.15, -0.1) is 0 Å². The molecule has 116 valence electrons. The molecule has 1 aromatic rings. The molecule has 1 fully saturated rings. The second kappa shape index (κ2) is 7.99. The van der Waals surface area contributed by atoms with Crippen LogP contribution in [0.1, 0.15) is 19.3 Å². The first-order chi connectivity index (χ1) is 10.1. The number of anilines is 1. The lowest BCUT2D eigenvalue weighted by Crippen LogP contribution is -2.41. The van der Waals surface area contributed by atoms with E-state index in [1.807, 2.05) is 0 Å². The zero-order valence-electron chi connectivity index (χ0n) is 11.9. The zero-order valence-corrected chi connectivity index (χ0v) is 13.5. The number of rotatable bonds is 5. The number of hydrogen-bond donors (Lipinski definition) is 2. The van der Waals surface area contributed by atoms with Crippen molar-refractivity contribution in [3.05, 3.63) is 28.2 Å². The lowest BCUT2D eigenvalue weighted by atomic mass is 9.95. The average molecular weight is 330 g/mol. The SMILES string of the molecule is NCCC1CCCN(CC(=O)Nc2c(Cl)cccc2Cl)C1. The maximum atomic E-state index is 12.2. The van der Waals surface area contributed by atoms with Gasteiger partial charge in [-0.1, -0.05) is 29.3 Å². The van der Waals surface area contributed by atoms with Crippen LogP contribution < -0.4 is 11.1 Å². The Bertz CT molecular complexity index is 474. The first kappa shape index (κ1) is 16.6. The Hall–Kier alpha value is -0.810. The normalized spacial score (nSPS) is 19.5. The molecule has 21 heavy (non-hydrogen) atoms. The molecule has 1 saturated heterocycles. The van der Waals surface area contributed by atoms with Crippen LogP contribution in [-0.2, 0) is 4.79 Å². The molecule has 1 aromatic carbocycles. The van der Waals surface area contributed by atoms with Crippen molar-refractivity contribution in [2.75, 3.05) is 31.5 Å². The van der Waals surface area contributed by atoms with Crippen molar-refractivity contribution in [2.45, 2.75) is 19.3 Å². The van der Waals surface area contributed by atoms with Gasteiger partial charge in [0.15, 0.2) is 0 Å². The first-order valence-electron chi connectivity index (χ1n) is 7.26.